The van der Waals surface area contributed by atoms with Crippen LogP contribution in [0.2, 0.25) is 0 Å². The van der Waals surface area contributed by atoms with Gasteiger partial charge in [0.05, 0.1) is 13.2 Å². The van der Waals surface area contributed by atoms with Crippen molar-refractivity contribution in [1.29, 1.82) is 0 Å². The average molecular weight is 333 g/mol. The molecule has 0 radical (unpaired) electrons. The Kier molecular flexibility index (Phi) is 5.22. The van der Waals surface area contributed by atoms with Crippen LogP contribution in [0.4, 0.5) is 4.39 Å². The molecule has 0 aliphatic carbocycles. The summed E-state index contributed by atoms with van der Waals surface area (Å²) in [6, 6.07) is 7.78. The monoisotopic (exact) mass is 333 g/mol. The topological polar surface area (TPSA) is 56.6 Å². The number of ether oxygens (including phenoxy) is 2. The van der Waals surface area contributed by atoms with Crippen molar-refractivity contribution in [2.24, 2.45) is 0 Å². The minimum atomic E-state index is -0.508. The molecular formula is C17H20FN3O3. The van der Waals surface area contributed by atoms with Crippen molar-refractivity contribution < 1.29 is 18.7 Å². The van der Waals surface area contributed by atoms with E-state index < -0.39 is 11.8 Å². The lowest BCUT2D eigenvalue weighted by atomic mass is 10.3. The van der Waals surface area contributed by atoms with Gasteiger partial charge in [-0.2, -0.15) is 5.10 Å². The van der Waals surface area contributed by atoms with Crippen molar-refractivity contribution in [3.8, 4) is 5.69 Å². The van der Waals surface area contributed by atoms with E-state index in [9.17, 15) is 9.18 Å². The second-order valence-corrected chi connectivity index (χ2v) is 5.73. The molecule has 1 aromatic heterocycles. The maximum Gasteiger partial charge on any atom is 0.359 e. The lowest BCUT2D eigenvalue weighted by Crippen LogP contribution is -2.41. The highest BCUT2D eigenvalue weighted by atomic mass is 19.1. The van der Waals surface area contributed by atoms with E-state index in [2.05, 4.69) is 10.00 Å². The van der Waals surface area contributed by atoms with Crippen LogP contribution in [0, 0.1) is 5.82 Å². The second kappa shape index (κ2) is 7.55. The number of hydrogen-bond acceptors (Lipinski definition) is 5. The minimum Gasteiger partial charge on any atom is -0.457 e. The molecule has 1 aliphatic heterocycles. The second-order valence-electron chi connectivity index (χ2n) is 5.73. The van der Waals surface area contributed by atoms with Crippen LogP contribution in [0.1, 0.15) is 17.4 Å². The first-order valence-electron chi connectivity index (χ1n) is 7.95. The molecule has 1 fully saturated rings. The molecule has 0 saturated carbocycles. The summed E-state index contributed by atoms with van der Waals surface area (Å²) in [6.07, 6.45) is 1.29. The van der Waals surface area contributed by atoms with Gasteiger partial charge < -0.3 is 9.47 Å². The lowest BCUT2D eigenvalue weighted by Gasteiger charge is -2.28. The normalized spacial score (nSPS) is 16.8. The van der Waals surface area contributed by atoms with Gasteiger partial charge in [-0.1, -0.05) is 12.1 Å². The molecule has 7 heteroatoms. The maximum absolute atomic E-state index is 13.8. The molecular weight excluding hydrogens is 313 g/mol. The molecule has 1 aliphatic rings. The fourth-order valence-electron chi connectivity index (χ4n) is 2.63. The van der Waals surface area contributed by atoms with Crippen molar-refractivity contribution in [1.82, 2.24) is 14.7 Å². The number of para-hydroxylation sites is 1. The summed E-state index contributed by atoms with van der Waals surface area (Å²) in [5, 5.41) is 4.11. The van der Waals surface area contributed by atoms with Gasteiger partial charge >= 0.3 is 5.97 Å². The van der Waals surface area contributed by atoms with Gasteiger partial charge in [-0.3, -0.25) is 4.90 Å². The van der Waals surface area contributed by atoms with Crippen LogP contribution < -0.4 is 0 Å². The van der Waals surface area contributed by atoms with Crippen LogP contribution in [0.3, 0.4) is 0 Å². The number of morpholine rings is 1. The number of aromatic nitrogens is 2. The Morgan fingerprint density at radius 2 is 2.08 bits per heavy atom. The van der Waals surface area contributed by atoms with Crippen molar-refractivity contribution in [3.63, 3.8) is 0 Å². The SMILES string of the molecule is C[C@H](CN1CCOCC1)OC(=O)c1ccn(-c2ccccc2F)n1. The molecule has 2 aromatic rings. The number of carbonyl (C=O) groups is 1. The van der Waals surface area contributed by atoms with Crippen LogP contribution >= 0.6 is 0 Å². The van der Waals surface area contributed by atoms with E-state index in [-0.39, 0.29) is 17.5 Å². The lowest BCUT2D eigenvalue weighted by molar-refractivity contribution is 0.0000910. The van der Waals surface area contributed by atoms with E-state index in [1.807, 2.05) is 6.92 Å². The predicted octanol–water partition coefficient (Wildman–Crippen LogP) is 1.89. The number of nitrogens with zero attached hydrogens (tertiary/aromatic N) is 3. The third kappa shape index (κ3) is 3.98. The minimum absolute atomic E-state index is 0.159. The average Bonchev–Trinajstić information content (AvgIpc) is 3.06. The van der Waals surface area contributed by atoms with Gasteiger partial charge in [0.15, 0.2) is 5.69 Å². The van der Waals surface area contributed by atoms with E-state index in [0.29, 0.717) is 19.8 Å². The number of esters is 1. The van der Waals surface area contributed by atoms with E-state index in [1.54, 1.807) is 24.4 Å². The van der Waals surface area contributed by atoms with Crippen LogP contribution in [-0.4, -0.2) is 59.6 Å². The first-order chi connectivity index (χ1) is 11.6. The Hall–Kier alpha value is -2.25. The quantitative estimate of drug-likeness (QED) is 0.782. The van der Waals surface area contributed by atoms with Crippen LogP contribution in [0.15, 0.2) is 36.5 Å². The van der Waals surface area contributed by atoms with Crippen LogP contribution in [0.25, 0.3) is 5.69 Å². The molecule has 1 aromatic carbocycles. The van der Waals surface area contributed by atoms with E-state index in [4.69, 9.17) is 9.47 Å². The summed E-state index contributed by atoms with van der Waals surface area (Å²) in [4.78, 5) is 14.4. The zero-order valence-electron chi connectivity index (χ0n) is 13.5. The summed E-state index contributed by atoms with van der Waals surface area (Å²) in [5.74, 6) is -0.910. The Balaban J connectivity index is 1.60. The molecule has 0 N–H and O–H groups in total. The van der Waals surface area contributed by atoms with E-state index in [1.165, 1.54) is 16.8 Å². The van der Waals surface area contributed by atoms with Crippen molar-refractivity contribution >= 4 is 5.97 Å². The van der Waals surface area contributed by atoms with Crippen LogP contribution in [0.5, 0.6) is 0 Å². The van der Waals surface area contributed by atoms with Gasteiger partial charge in [0.25, 0.3) is 0 Å². The summed E-state index contributed by atoms with van der Waals surface area (Å²) in [7, 11) is 0. The molecule has 0 spiro atoms. The standard InChI is InChI=1S/C17H20FN3O3/c1-13(12-20-8-10-23-11-9-20)24-17(22)15-6-7-21(19-15)16-5-3-2-4-14(16)18/h2-7,13H,8-12H2,1H3/t13-/m1/s1. The molecule has 0 amide bonds. The molecule has 6 nitrogen and oxygen atoms in total. The third-order valence-electron chi connectivity index (χ3n) is 3.82. The highest BCUT2D eigenvalue weighted by Crippen LogP contribution is 2.13. The number of benzene rings is 1. The largest absolute Gasteiger partial charge is 0.457 e. The molecule has 3 rings (SSSR count). The highest BCUT2D eigenvalue weighted by molar-refractivity contribution is 5.87. The molecule has 24 heavy (non-hydrogen) atoms. The number of carbonyl (C=O) groups excluding carboxylic acids is 1. The smallest absolute Gasteiger partial charge is 0.359 e. The number of hydrogen-bond donors (Lipinski definition) is 0. The molecule has 128 valence electrons. The van der Waals surface area contributed by atoms with E-state index >= 15 is 0 Å². The summed E-state index contributed by atoms with van der Waals surface area (Å²) in [6.45, 7) is 5.58. The summed E-state index contributed by atoms with van der Waals surface area (Å²) < 4.78 is 25.8. The molecule has 2 heterocycles. The first-order valence-corrected chi connectivity index (χ1v) is 7.95. The molecule has 0 bridgehead atoms. The third-order valence-corrected chi connectivity index (χ3v) is 3.82. The fraction of sp³-hybridized carbons (Fsp3) is 0.412. The van der Waals surface area contributed by atoms with Gasteiger partial charge in [0, 0.05) is 25.8 Å². The van der Waals surface area contributed by atoms with E-state index in [0.717, 1.165) is 13.1 Å². The number of halogens is 1. The molecule has 1 saturated heterocycles. The van der Waals surface area contributed by atoms with Gasteiger partial charge in [0.1, 0.15) is 17.6 Å². The van der Waals surface area contributed by atoms with Crippen LogP contribution in [-0.2, 0) is 9.47 Å². The Labute approximate surface area is 139 Å². The van der Waals surface area contributed by atoms with Crippen molar-refractivity contribution in [3.05, 3.63) is 48.0 Å². The summed E-state index contributed by atoms with van der Waals surface area (Å²) in [5.41, 5.74) is 0.449. The van der Waals surface area contributed by atoms with Gasteiger partial charge in [0.2, 0.25) is 0 Å². The number of rotatable bonds is 5. The van der Waals surface area contributed by atoms with Crippen molar-refractivity contribution in [2.75, 3.05) is 32.8 Å². The summed E-state index contributed by atoms with van der Waals surface area (Å²) >= 11 is 0. The van der Waals surface area contributed by atoms with Crippen molar-refractivity contribution in [2.45, 2.75) is 13.0 Å². The highest BCUT2D eigenvalue weighted by Gasteiger charge is 2.19. The zero-order valence-corrected chi connectivity index (χ0v) is 13.5. The Morgan fingerprint density at radius 3 is 2.83 bits per heavy atom. The predicted molar refractivity (Wildman–Crippen MR) is 85.7 cm³/mol. The molecule has 1 atom stereocenters. The molecule has 0 unspecified atom stereocenters. The Bertz CT molecular complexity index is 698. The fourth-order valence-corrected chi connectivity index (χ4v) is 2.63. The Morgan fingerprint density at radius 1 is 1.33 bits per heavy atom. The van der Waals surface area contributed by atoms with Gasteiger partial charge in [-0.05, 0) is 25.1 Å². The maximum atomic E-state index is 13.8. The van der Waals surface area contributed by atoms with Gasteiger partial charge in [-0.15, -0.1) is 0 Å². The first kappa shape index (κ1) is 16.6. The zero-order chi connectivity index (χ0) is 16.9. The van der Waals surface area contributed by atoms with Gasteiger partial charge in [-0.25, -0.2) is 13.9 Å².